The summed E-state index contributed by atoms with van der Waals surface area (Å²) in [6.45, 7) is 0.489. The van der Waals surface area contributed by atoms with Crippen LogP contribution in [0.4, 0.5) is 11.5 Å². The first-order valence-electron chi connectivity index (χ1n) is 7.96. The number of hydrogen-bond acceptors (Lipinski definition) is 4. The highest BCUT2D eigenvalue weighted by molar-refractivity contribution is 5.93. The molecule has 1 aliphatic carbocycles. The zero-order valence-corrected chi connectivity index (χ0v) is 13.2. The molecular formula is C18H19N3O3. The van der Waals surface area contributed by atoms with Crippen LogP contribution in [0.2, 0.25) is 0 Å². The summed E-state index contributed by atoms with van der Waals surface area (Å²) in [5, 5.41) is 15.0. The van der Waals surface area contributed by atoms with E-state index in [0.29, 0.717) is 12.4 Å². The number of carboxylic acid groups (broad SMARTS) is 1. The topological polar surface area (TPSA) is 91.3 Å². The highest BCUT2D eigenvalue weighted by Gasteiger charge is 2.25. The minimum Gasteiger partial charge on any atom is -0.477 e. The lowest BCUT2D eigenvalue weighted by atomic mass is 9.85. The van der Waals surface area contributed by atoms with Gasteiger partial charge in [0.05, 0.1) is 0 Å². The molecule has 3 rings (SSSR count). The maximum atomic E-state index is 12.0. The molecule has 1 fully saturated rings. The van der Waals surface area contributed by atoms with Gasteiger partial charge in [-0.3, -0.25) is 4.79 Å². The SMILES string of the molecule is O=C(O)c1cccc(NCc2cccc(NC(=O)C3CCC3)c2)n1. The summed E-state index contributed by atoms with van der Waals surface area (Å²) in [7, 11) is 0. The predicted molar refractivity (Wildman–Crippen MR) is 90.9 cm³/mol. The largest absolute Gasteiger partial charge is 0.477 e. The fourth-order valence-electron chi connectivity index (χ4n) is 2.52. The Morgan fingerprint density at radius 3 is 2.67 bits per heavy atom. The molecule has 0 saturated heterocycles. The second-order valence-electron chi connectivity index (χ2n) is 5.88. The van der Waals surface area contributed by atoms with Crippen molar-refractivity contribution < 1.29 is 14.7 Å². The van der Waals surface area contributed by atoms with Crippen LogP contribution >= 0.6 is 0 Å². The van der Waals surface area contributed by atoms with E-state index in [1.165, 1.54) is 6.07 Å². The standard InChI is InChI=1S/C18H19N3O3/c22-17(13-5-2-6-13)20-14-7-1-4-12(10-14)11-19-16-9-3-8-15(21-16)18(23)24/h1,3-4,7-10,13H,2,5-6,11H2,(H,19,21)(H,20,22)(H,23,24). The van der Waals surface area contributed by atoms with E-state index in [0.717, 1.165) is 30.5 Å². The van der Waals surface area contributed by atoms with Crippen molar-refractivity contribution in [1.29, 1.82) is 0 Å². The van der Waals surface area contributed by atoms with Gasteiger partial charge >= 0.3 is 5.97 Å². The number of amides is 1. The van der Waals surface area contributed by atoms with Gasteiger partial charge in [-0.05, 0) is 42.7 Å². The van der Waals surface area contributed by atoms with E-state index in [2.05, 4.69) is 15.6 Å². The van der Waals surface area contributed by atoms with Crippen LogP contribution in [0.1, 0.15) is 35.3 Å². The van der Waals surface area contributed by atoms with Crippen LogP contribution in [0.5, 0.6) is 0 Å². The van der Waals surface area contributed by atoms with Crippen molar-refractivity contribution in [2.75, 3.05) is 10.6 Å². The molecule has 1 saturated carbocycles. The summed E-state index contributed by atoms with van der Waals surface area (Å²) in [5.74, 6) is -0.324. The van der Waals surface area contributed by atoms with E-state index in [9.17, 15) is 9.59 Å². The number of carbonyl (C=O) groups is 2. The lowest BCUT2D eigenvalue weighted by Crippen LogP contribution is -2.28. The molecule has 1 aromatic carbocycles. The summed E-state index contributed by atoms with van der Waals surface area (Å²) >= 11 is 0. The molecule has 1 aromatic heterocycles. The Morgan fingerprint density at radius 1 is 1.17 bits per heavy atom. The number of carboxylic acids is 1. The smallest absolute Gasteiger partial charge is 0.354 e. The van der Waals surface area contributed by atoms with Crippen LogP contribution in [0.25, 0.3) is 0 Å². The van der Waals surface area contributed by atoms with Gasteiger partial charge in [0, 0.05) is 18.2 Å². The number of aromatic nitrogens is 1. The quantitative estimate of drug-likeness (QED) is 0.759. The number of anilines is 2. The Balaban J connectivity index is 1.61. The van der Waals surface area contributed by atoms with E-state index >= 15 is 0 Å². The van der Waals surface area contributed by atoms with Crippen LogP contribution in [-0.4, -0.2) is 22.0 Å². The number of rotatable bonds is 6. The molecule has 0 bridgehead atoms. The van der Waals surface area contributed by atoms with Crippen LogP contribution in [0.3, 0.4) is 0 Å². The van der Waals surface area contributed by atoms with Crippen molar-refractivity contribution in [3.05, 3.63) is 53.7 Å². The summed E-state index contributed by atoms with van der Waals surface area (Å²) in [4.78, 5) is 26.9. The van der Waals surface area contributed by atoms with Crippen molar-refractivity contribution in [3.8, 4) is 0 Å². The molecule has 2 aromatic rings. The van der Waals surface area contributed by atoms with Gasteiger partial charge in [-0.25, -0.2) is 9.78 Å². The van der Waals surface area contributed by atoms with Crippen molar-refractivity contribution in [2.45, 2.75) is 25.8 Å². The molecule has 0 spiro atoms. The van der Waals surface area contributed by atoms with E-state index in [-0.39, 0.29) is 17.5 Å². The van der Waals surface area contributed by atoms with Crippen LogP contribution in [0, 0.1) is 5.92 Å². The van der Waals surface area contributed by atoms with E-state index < -0.39 is 5.97 Å². The van der Waals surface area contributed by atoms with Crippen molar-refractivity contribution >= 4 is 23.4 Å². The fraction of sp³-hybridized carbons (Fsp3) is 0.278. The molecule has 0 aliphatic heterocycles. The molecule has 1 amide bonds. The first kappa shape index (κ1) is 16.0. The molecule has 6 heteroatoms. The zero-order chi connectivity index (χ0) is 16.9. The monoisotopic (exact) mass is 325 g/mol. The Hall–Kier alpha value is -2.89. The molecule has 0 unspecified atom stereocenters. The molecule has 1 aliphatic rings. The average Bonchev–Trinajstić information content (AvgIpc) is 2.52. The zero-order valence-electron chi connectivity index (χ0n) is 13.2. The van der Waals surface area contributed by atoms with Gasteiger partial charge < -0.3 is 15.7 Å². The number of pyridine rings is 1. The predicted octanol–water partition coefficient (Wildman–Crippen LogP) is 3.13. The minimum absolute atomic E-state index is 0.00140. The molecule has 24 heavy (non-hydrogen) atoms. The van der Waals surface area contributed by atoms with E-state index in [1.54, 1.807) is 12.1 Å². The normalized spacial score (nSPS) is 13.8. The third kappa shape index (κ3) is 3.90. The van der Waals surface area contributed by atoms with Crippen LogP contribution in [-0.2, 0) is 11.3 Å². The van der Waals surface area contributed by atoms with Gasteiger partial charge in [0.15, 0.2) is 5.69 Å². The second kappa shape index (κ2) is 7.12. The molecule has 1 heterocycles. The molecule has 124 valence electrons. The first-order chi connectivity index (χ1) is 11.6. The molecule has 3 N–H and O–H groups in total. The van der Waals surface area contributed by atoms with Crippen molar-refractivity contribution in [1.82, 2.24) is 4.98 Å². The number of hydrogen-bond donors (Lipinski definition) is 3. The lowest BCUT2D eigenvalue weighted by Gasteiger charge is -2.24. The third-order valence-corrected chi connectivity index (χ3v) is 4.11. The average molecular weight is 325 g/mol. The van der Waals surface area contributed by atoms with Crippen molar-refractivity contribution in [3.63, 3.8) is 0 Å². The second-order valence-corrected chi connectivity index (χ2v) is 5.88. The molecular weight excluding hydrogens is 306 g/mol. The number of carbonyl (C=O) groups excluding carboxylic acids is 1. The summed E-state index contributed by atoms with van der Waals surface area (Å²) in [6.07, 6.45) is 3.07. The van der Waals surface area contributed by atoms with Crippen LogP contribution in [0.15, 0.2) is 42.5 Å². The fourth-order valence-corrected chi connectivity index (χ4v) is 2.52. The van der Waals surface area contributed by atoms with Gasteiger partial charge in [0.25, 0.3) is 0 Å². The van der Waals surface area contributed by atoms with E-state index in [4.69, 9.17) is 5.11 Å². The number of benzene rings is 1. The Labute approximate surface area is 139 Å². The molecule has 0 atom stereocenters. The number of aromatic carboxylic acids is 1. The third-order valence-electron chi connectivity index (χ3n) is 4.11. The highest BCUT2D eigenvalue weighted by Crippen LogP contribution is 2.27. The van der Waals surface area contributed by atoms with Gasteiger partial charge in [0.2, 0.25) is 5.91 Å². The summed E-state index contributed by atoms with van der Waals surface area (Å²) in [5.41, 5.74) is 1.75. The Morgan fingerprint density at radius 2 is 1.96 bits per heavy atom. The molecule has 0 radical (unpaired) electrons. The summed E-state index contributed by atoms with van der Waals surface area (Å²) < 4.78 is 0. The minimum atomic E-state index is -1.06. The molecule has 6 nitrogen and oxygen atoms in total. The number of nitrogens with one attached hydrogen (secondary N) is 2. The van der Waals surface area contributed by atoms with Gasteiger partial charge in [-0.1, -0.05) is 24.6 Å². The van der Waals surface area contributed by atoms with Crippen LogP contribution < -0.4 is 10.6 Å². The van der Waals surface area contributed by atoms with Gasteiger partial charge in [0.1, 0.15) is 5.82 Å². The first-order valence-corrected chi connectivity index (χ1v) is 7.96. The van der Waals surface area contributed by atoms with E-state index in [1.807, 2.05) is 24.3 Å². The lowest BCUT2D eigenvalue weighted by molar-refractivity contribution is -0.122. The van der Waals surface area contributed by atoms with Gasteiger partial charge in [-0.15, -0.1) is 0 Å². The van der Waals surface area contributed by atoms with Gasteiger partial charge in [-0.2, -0.15) is 0 Å². The number of nitrogens with zero attached hydrogens (tertiary/aromatic N) is 1. The Bertz CT molecular complexity index is 757. The maximum absolute atomic E-state index is 12.0. The summed E-state index contributed by atoms with van der Waals surface area (Å²) in [6, 6.07) is 12.4. The van der Waals surface area contributed by atoms with Crippen molar-refractivity contribution in [2.24, 2.45) is 5.92 Å². The maximum Gasteiger partial charge on any atom is 0.354 e. The Kier molecular flexibility index (Phi) is 4.74. The highest BCUT2D eigenvalue weighted by atomic mass is 16.4.